The third kappa shape index (κ3) is 13.0. The van der Waals surface area contributed by atoms with Crippen molar-refractivity contribution in [3.05, 3.63) is 12.2 Å². The first-order chi connectivity index (χ1) is 11.5. The van der Waals surface area contributed by atoms with Gasteiger partial charge in [0.1, 0.15) is 6.23 Å². The summed E-state index contributed by atoms with van der Waals surface area (Å²) in [6.07, 6.45) is 9.90. The summed E-state index contributed by atoms with van der Waals surface area (Å²) in [6.45, 7) is 1.62. The van der Waals surface area contributed by atoms with Gasteiger partial charge < -0.3 is 20.6 Å². The van der Waals surface area contributed by atoms with Crippen LogP contribution in [0.1, 0.15) is 51.9 Å². The van der Waals surface area contributed by atoms with E-state index in [4.69, 9.17) is 10.2 Å². The molecule has 0 radical (unpaired) electrons. The maximum atomic E-state index is 11.7. The SMILES string of the molecule is CCCCCC/C=C/CCC(=O)NCCN(CC(=O)O)C(O)CO. The molecule has 0 rings (SSSR count). The van der Waals surface area contributed by atoms with Crippen molar-refractivity contribution < 1.29 is 24.9 Å². The first-order valence-electron chi connectivity index (χ1n) is 8.67. The van der Waals surface area contributed by atoms with Gasteiger partial charge in [0.05, 0.1) is 13.2 Å². The summed E-state index contributed by atoms with van der Waals surface area (Å²) in [7, 11) is 0. The smallest absolute Gasteiger partial charge is 0.317 e. The lowest BCUT2D eigenvalue weighted by Crippen LogP contribution is -2.45. The van der Waals surface area contributed by atoms with Crippen LogP contribution in [0.3, 0.4) is 0 Å². The maximum absolute atomic E-state index is 11.7. The van der Waals surface area contributed by atoms with E-state index in [0.717, 1.165) is 6.42 Å². The van der Waals surface area contributed by atoms with Crippen LogP contribution in [0.25, 0.3) is 0 Å². The van der Waals surface area contributed by atoms with Gasteiger partial charge in [0.2, 0.25) is 5.91 Å². The van der Waals surface area contributed by atoms with E-state index in [2.05, 4.69) is 18.3 Å². The van der Waals surface area contributed by atoms with Crippen molar-refractivity contribution in [2.45, 2.75) is 58.1 Å². The second kappa shape index (κ2) is 15.1. The molecule has 7 heteroatoms. The lowest BCUT2D eigenvalue weighted by Gasteiger charge is -2.24. The number of carboxylic acid groups (broad SMARTS) is 1. The van der Waals surface area contributed by atoms with Crippen LogP contribution in [0, 0.1) is 0 Å². The fraction of sp³-hybridized carbons (Fsp3) is 0.765. The number of hydrogen-bond donors (Lipinski definition) is 4. The molecular weight excluding hydrogens is 312 g/mol. The minimum atomic E-state index is -1.24. The van der Waals surface area contributed by atoms with E-state index in [1.807, 2.05) is 6.08 Å². The number of rotatable bonds is 15. The molecular formula is C17H32N2O5. The van der Waals surface area contributed by atoms with Crippen molar-refractivity contribution in [1.29, 1.82) is 0 Å². The molecule has 0 fully saturated rings. The zero-order valence-electron chi connectivity index (χ0n) is 14.6. The predicted molar refractivity (Wildman–Crippen MR) is 92.4 cm³/mol. The Morgan fingerprint density at radius 3 is 2.50 bits per heavy atom. The Kier molecular flexibility index (Phi) is 14.2. The van der Waals surface area contributed by atoms with Crippen molar-refractivity contribution in [2.24, 2.45) is 0 Å². The molecule has 0 aliphatic carbocycles. The van der Waals surface area contributed by atoms with Gasteiger partial charge in [-0.05, 0) is 19.3 Å². The summed E-state index contributed by atoms with van der Waals surface area (Å²) in [5.41, 5.74) is 0. The average Bonchev–Trinajstić information content (AvgIpc) is 2.55. The van der Waals surface area contributed by atoms with E-state index in [1.165, 1.54) is 30.6 Å². The number of nitrogens with one attached hydrogen (secondary N) is 1. The number of aliphatic carboxylic acids is 1. The lowest BCUT2D eigenvalue weighted by atomic mass is 10.1. The number of nitrogens with zero attached hydrogens (tertiary/aromatic N) is 1. The molecule has 0 aromatic rings. The Labute approximate surface area is 144 Å². The number of unbranched alkanes of at least 4 members (excludes halogenated alkanes) is 4. The summed E-state index contributed by atoms with van der Waals surface area (Å²) >= 11 is 0. The van der Waals surface area contributed by atoms with Crippen LogP contribution >= 0.6 is 0 Å². The quantitative estimate of drug-likeness (QED) is 0.201. The largest absolute Gasteiger partial charge is 0.480 e. The summed E-state index contributed by atoms with van der Waals surface area (Å²) in [4.78, 5) is 23.5. The minimum Gasteiger partial charge on any atom is -0.480 e. The lowest BCUT2D eigenvalue weighted by molar-refractivity contribution is -0.142. The van der Waals surface area contributed by atoms with Gasteiger partial charge in [0, 0.05) is 19.5 Å². The molecule has 4 N–H and O–H groups in total. The van der Waals surface area contributed by atoms with Gasteiger partial charge in [-0.2, -0.15) is 0 Å². The van der Waals surface area contributed by atoms with E-state index in [0.29, 0.717) is 12.8 Å². The number of hydrogen-bond acceptors (Lipinski definition) is 5. The van der Waals surface area contributed by atoms with Gasteiger partial charge in [-0.3, -0.25) is 14.5 Å². The molecule has 0 aromatic heterocycles. The molecule has 1 amide bonds. The van der Waals surface area contributed by atoms with Gasteiger partial charge in [0.25, 0.3) is 0 Å². The van der Waals surface area contributed by atoms with Gasteiger partial charge in [-0.1, -0.05) is 38.3 Å². The standard InChI is InChI=1S/C17H32N2O5/c1-2-3-4-5-6-7-8-9-10-15(21)18-11-12-19(13-17(23)24)16(22)14-20/h7-8,16,20,22H,2-6,9-14H2,1H3,(H,18,21)(H,23,24)/b8-7+. The topological polar surface area (TPSA) is 110 Å². The Balaban J connectivity index is 3.80. The van der Waals surface area contributed by atoms with Crippen LogP contribution in [0.2, 0.25) is 0 Å². The number of carboxylic acids is 1. The fourth-order valence-corrected chi connectivity index (χ4v) is 2.19. The molecule has 0 bridgehead atoms. The summed E-state index contributed by atoms with van der Waals surface area (Å²) in [6, 6.07) is 0. The molecule has 140 valence electrons. The highest BCUT2D eigenvalue weighted by Gasteiger charge is 2.17. The molecule has 0 aromatic carbocycles. The molecule has 0 spiro atoms. The van der Waals surface area contributed by atoms with Crippen LogP contribution < -0.4 is 5.32 Å². The fourth-order valence-electron chi connectivity index (χ4n) is 2.19. The van der Waals surface area contributed by atoms with E-state index < -0.39 is 25.3 Å². The van der Waals surface area contributed by atoms with Crippen LogP contribution in [0.15, 0.2) is 12.2 Å². The van der Waals surface area contributed by atoms with Crippen molar-refractivity contribution in [3.63, 3.8) is 0 Å². The molecule has 1 atom stereocenters. The predicted octanol–water partition coefficient (Wildman–Crippen LogP) is 1.11. The molecule has 0 heterocycles. The molecule has 1 unspecified atom stereocenters. The molecule has 0 aliphatic rings. The van der Waals surface area contributed by atoms with E-state index in [9.17, 15) is 14.7 Å². The van der Waals surface area contributed by atoms with Gasteiger partial charge >= 0.3 is 5.97 Å². The zero-order valence-corrected chi connectivity index (χ0v) is 14.6. The minimum absolute atomic E-state index is 0.112. The highest BCUT2D eigenvalue weighted by atomic mass is 16.4. The molecule has 24 heavy (non-hydrogen) atoms. The Morgan fingerprint density at radius 2 is 1.88 bits per heavy atom. The second-order valence-electron chi connectivity index (χ2n) is 5.74. The molecule has 0 saturated heterocycles. The van der Waals surface area contributed by atoms with E-state index in [-0.39, 0.29) is 19.0 Å². The maximum Gasteiger partial charge on any atom is 0.317 e. The number of aliphatic hydroxyl groups excluding tert-OH is 2. The molecule has 0 saturated carbocycles. The Morgan fingerprint density at radius 1 is 1.17 bits per heavy atom. The van der Waals surface area contributed by atoms with Crippen molar-refractivity contribution in [2.75, 3.05) is 26.2 Å². The van der Waals surface area contributed by atoms with E-state index in [1.54, 1.807) is 0 Å². The zero-order chi connectivity index (χ0) is 18.2. The number of carbonyl (C=O) groups excluding carboxylic acids is 1. The summed E-state index contributed by atoms with van der Waals surface area (Å²) in [5, 5.41) is 29.8. The van der Waals surface area contributed by atoms with Gasteiger partial charge in [-0.25, -0.2) is 0 Å². The first-order valence-corrected chi connectivity index (χ1v) is 8.67. The Hall–Kier alpha value is -1.44. The van der Waals surface area contributed by atoms with Crippen molar-refractivity contribution in [3.8, 4) is 0 Å². The average molecular weight is 344 g/mol. The van der Waals surface area contributed by atoms with Crippen molar-refractivity contribution >= 4 is 11.9 Å². The highest BCUT2D eigenvalue weighted by molar-refractivity contribution is 5.76. The van der Waals surface area contributed by atoms with Gasteiger partial charge in [-0.15, -0.1) is 0 Å². The molecule has 7 nitrogen and oxygen atoms in total. The highest BCUT2D eigenvalue weighted by Crippen LogP contribution is 2.03. The Bertz CT molecular complexity index is 374. The third-order valence-corrected chi connectivity index (χ3v) is 3.57. The van der Waals surface area contributed by atoms with Gasteiger partial charge in [0.15, 0.2) is 0 Å². The number of amides is 1. The molecule has 0 aliphatic heterocycles. The van der Waals surface area contributed by atoms with Crippen LogP contribution in [0.5, 0.6) is 0 Å². The number of allylic oxidation sites excluding steroid dienone is 2. The number of carbonyl (C=O) groups is 2. The van der Waals surface area contributed by atoms with Crippen LogP contribution in [0.4, 0.5) is 0 Å². The van der Waals surface area contributed by atoms with Crippen LogP contribution in [-0.4, -0.2) is 64.6 Å². The summed E-state index contributed by atoms with van der Waals surface area (Å²) < 4.78 is 0. The monoisotopic (exact) mass is 344 g/mol. The van der Waals surface area contributed by atoms with E-state index >= 15 is 0 Å². The normalized spacial score (nSPS) is 12.7. The number of aliphatic hydroxyl groups is 2. The summed E-state index contributed by atoms with van der Waals surface area (Å²) in [5.74, 6) is -1.21. The van der Waals surface area contributed by atoms with Crippen molar-refractivity contribution in [1.82, 2.24) is 10.2 Å². The third-order valence-electron chi connectivity index (χ3n) is 3.57. The first kappa shape index (κ1) is 22.6. The second-order valence-corrected chi connectivity index (χ2v) is 5.74. The van der Waals surface area contributed by atoms with Crippen LogP contribution in [-0.2, 0) is 9.59 Å².